The van der Waals surface area contributed by atoms with Crippen molar-refractivity contribution in [1.29, 1.82) is 0 Å². The third-order valence-electron chi connectivity index (χ3n) is 2.54. The van der Waals surface area contributed by atoms with Gasteiger partial charge in [-0.3, -0.25) is 0 Å². The Morgan fingerprint density at radius 1 is 1.33 bits per heavy atom. The van der Waals surface area contributed by atoms with Crippen LogP contribution < -0.4 is 0 Å². The zero-order valence-corrected chi connectivity index (χ0v) is 9.86. The maximum absolute atomic E-state index is 5.46. The normalized spacial score (nSPS) is 13.9. The molecule has 0 bridgehead atoms. The van der Waals surface area contributed by atoms with Crippen molar-refractivity contribution in [2.45, 2.75) is 32.8 Å². The number of ether oxygens (including phenoxy) is 1. The number of rotatable bonds is 5. The molecule has 0 saturated heterocycles. The second kappa shape index (κ2) is 6.41. The fourth-order valence-electron chi connectivity index (χ4n) is 1.70. The molecule has 1 heteroatoms. The first-order valence-corrected chi connectivity index (χ1v) is 5.54. The van der Waals surface area contributed by atoms with E-state index < -0.39 is 0 Å². The molecule has 0 aliphatic carbocycles. The minimum absolute atomic E-state index is 0.259. The molecule has 0 spiro atoms. The van der Waals surface area contributed by atoms with Crippen LogP contribution in [0, 0.1) is 0 Å². The predicted octanol–water partition coefficient (Wildman–Crippen LogP) is 3.91. The Hall–Kier alpha value is -1.08. The first-order valence-electron chi connectivity index (χ1n) is 5.54. The van der Waals surface area contributed by atoms with E-state index in [-0.39, 0.29) is 6.10 Å². The molecule has 0 aromatic heterocycles. The van der Waals surface area contributed by atoms with Gasteiger partial charge in [-0.15, -0.1) is 0 Å². The predicted molar refractivity (Wildman–Crippen MR) is 65.8 cm³/mol. The zero-order chi connectivity index (χ0) is 11.1. The first-order chi connectivity index (χ1) is 7.27. The van der Waals surface area contributed by atoms with Gasteiger partial charge in [-0.05, 0) is 24.5 Å². The van der Waals surface area contributed by atoms with Crippen LogP contribution in [-0.4, -0.2) is 13.2 Å². The second-order valence-corrected chi connectivity index (χ2v) is 3.81. The van der Waals surface area contributed by atoms with Crippen LogP contribution in [0.5, 0.6) is 0 Å². The van der Waals surface area contributed by atoms with Crippen molar-refractivity contribution in [2.75, 3.05) is 7.11 Å². The summed E-state index contributed by atoms with van der Waals surface area (Å²) in [6, 6.07) is 10.4. The average molecular weight is 204 g/mol. The average Bonchev–Trinajstić information content (AvgIpc) is 2.27. The Labute approximate surface area is 92.8 Å². The van der Waals surface area contributed by atoms with E-state index in [1.165, 1.54) is 11.1 Å². The molecule has 0 saturated carbocycles. The molecule has 0 fully saturated rings. The number of methoxy groups -OCH3 is 1. The fraction of sp³-hybridized carbons (Fsp3) is 0.429. The second-order valence-electron chi connectivity index (χ2n) is 3.81. The Morgan fingerprint density at radius 3 is 2.53 bits per heavy atom. The quantitative estimate of drug-likeness (QED) is 0.706. The maximum Gasteiger partial charge on any atom is 0.0781 e. The van der Waals surface area contributed by atoms with Crippen LogP contribution >= 0.6 is 0 Å². The molecule has 0 aliphatic heterocycles. The minimum atomic E-state index is 0.259. The van der Waals surface area contributed by atoms with Gasteiger partial charge in [-0.25, -0.2) is 0 Å². The van der Waals surface area contributed by atoms with Gasteiger partial charge in [0.2, 0.25) is 0 Å². The molecular weight excluding hydrogens is 184 g/mol. The van der Waals surface area contributed by atoms with Crippen molar-refractivity contribution >= 4 is 6.08 Å². The molecule has 1 rings (SSSR count). The van der Waals surface area contributed by atoms with Gasteiger partial charge in [-0.1, -0.05) is 49.8 Å². The van der Waals surface area contributed by atoms with Gasteiger partial charge in [-0.2, -0.15) is 0 Å². The van der Waals surface area contributed by atoms with Crippen LogP contribution in [0.25, 0.3) is 6.08 Å². The van der Waals surface area contributed by atoms with Crippen LogP contribution in [0.3, 0.4) is 0 Å². The van der Waals surface area contributed by atoms with Gasteiger partial charge >= 0.3 is 0 Å². The van der Waals surface area contributed by atoms with E-state index >= 15 is 0 Å². The number of hydrogen-bond acceptors (Lipinski definition) is 1. The minimum Gasteiger partial charge on any atom is -0.377 e. The Balaban J connectivity index is 2.73. The Morgan fingerprint density at radius 2 is 2.00 bits per heavy atom. The highest BCUT2D eigenvalue weighted by molar-refractivity contribution is 5.52. The van der Waals surface area contributed by atoms with Gasteiger partial charge in [0, 0.05) is 7.11 Å². The monoisotopic (exact) mass is 204 g/mol. The first kappa shape index (κ1) is 12.0. The molecule has 1 atom stereocenters. The summed E-state index contributed by atoms with van der Waals surface area (Å²) in [5.74, 6) is 0. The van der Waals surface area contributed by atoms with Gasteiger partial charge in [0.05, 0.1) is 6.10 Å². The molecule has 82 valence electrons. The standard InChI is InChI=1S/C14H20O/c1-4-8-14(15-3)12(2)11-13-9-6-5-7-10-13/h5-7,9-11,14H,4,8H2,1-3H3/b12-11+. The van der Waals surface area contributed by atoms with Crippen molar-refractivity contribution in [3.63, 3.8) is 0 Å². The van der Waals surface area contributed by atoms with Crippen molar-refractivity contribution in [3.05, 3.63) is 41.5 Å². The highest BCUT2D eigenvalue weighted by Gasteiger charge is 2.07. The Kier molecular flexibility index (Phi) is 5.13. The van der Waals surface area contributed by atoms with Crippen molar-refractivity contribution in [1.82, 2.24) is 0 Å². The highest BCUT2D eigenvalue weighted by Crippen LogP contribution is 2.15. The Bertz CT molecular complexity index is 300. The summed E-state index contributed by atoms with van der Waals surface area (Å²) in [6.45, 7) is 4.32. The van der Waals surface area contributed by atoms with Crippen molar-refractivity contribution < 1.29 is 4.74 Å². The van der Waals surface area contributed by atoms with Crippen LogP contribution in [-0.2, 0) is 4.74 Å². The molecule has 1 unspecified atom stereocenters. The molecule has 0 N–H and O–H groups in total. The lowest BCUT2D eigenvalue weighted by molar-refractivity contribution is 0.124. The lowest BCUT2D eigenvalue weighted by Gasteiger charge is -2.15. The number of benzene rings is 1. The third-order valence-corrected chi connectivity index (χ3v) is 2.54. The van der Waals surface area contributed by atoms with E-state index in [0.29, 0.717) is 0 Å². The maximum atomic E-state index is 5.46. The molecule has 0 radical (unpaired) electrons. The lowest BCUT2D eigenvalue weighted by Crippen LogP contribution is -2.11. The highest BCUT2D eigenvalue weighted by atomic mass is 16.5. The zero-order valence-electron chi connectivity index (χ0n) is 9.86. The van der Waals surface area contributed by atoms with E-state index in [1.807, 2.05) is 6.07 Å². The SMILES string of the molecule is CCCC(OC)/C(C)=C/c1ccccc1. The summed E-state index contributed by atoms with van der Waals surface area (Å²) < 4.78 is 5.46. The van der Waals surface area contributed by atoms with E-state index in [4.69, 9.17) is 4.74 Å². The topological polar surface area (TPSA) is 9.23 Å². The van der Waals surface area contributed by atoms with E-state index in [2.05, 4.69) is 44.2 Å². The molecular formula is C14H20O. The van der Waals surface area contributed by atoms with E-state index in [1.54, 1.807) is 7.11 Å². The van der Waals surface area contributed by atoms with Crippen molar-refractivity contribution in [2.24, 2.45) is 0 Å². The molecule has 15 heavy (non-hydrogen) atoms. The molecule has 1 nitrogen and oxygen atoms in total. The lowest BCUT2D eigenvalue weighted by atomic mass is 10.0. The molecule has 0 amide bonds. The summed E-state index contributed by atoms with van der Waals surface area (Å²) in [5.41, 5.74) is 2.54. The molecule has 1 aromatic rings. The van der Waals surface area contributed by atoms with E-state index in [0.717, 1.165) is 12.8 Å². The van der Waals surface area contributed by atoms with Gasteiger partial charge in [0.25, 0.3) is 0 Å². The number of hydrogen-bond donors (Lipinski definition) is 0. The van der Waals surface area contributed by atoms with Crippen LogP contribution in [0.1, 0.15) is 32.3 Å². The smallest absolute Gasteiger partial charge is 0.0781 e. The van der Waals surface area contributed by atoms with Crippen LogP contribution in [0.15, 0.2) is 35.9 Å². The fourth-order valence-corrected chi connectivity index (χ4v) is 1.70. The van der Waals surface area contributed by atoms with Gasteiger partial charge < -0.3 is 4.74 Å². The summed E-state index contributed by atoms with van der Waals surface area (Å²) in [6.07, 6.45) is 4.70. The van der Waals surface area contributed by atoms with Crippen molar-refractivity contribution in [3.8, 4) is 0 Å². The molecule has 0 heterocycles. The third kappa shape index (κ3) is 3.88. The summed E-state index contributed by atoms with van der Waals surface area (Å²) in [7, 11) is 1.78. The van der Waals surface area contributed by atoms with Gasteiger partial charge in [0.15, 0.2) is 0 Å². The van der Waals surface area contributed by atoms with Gasteiger partial charge in [0.1, 0.15) is 0 Å². The largest absolute Gasteiger partial charge is 0.377 e. The van der Waals surface area contributed by atoms with Crippen LogP contribution in [0.4, 0.5) is 0 Å². The van der Waals surface area contributed by atoms with Crippen LogP contribution in [0.2, 0.25) is 0 Å². The summed E-state index contributed by atoms with van der Waals surface area (Å²) >= 11 is 0. The summed E-state index contributed by atoms with van der Waals surface area (Å²) in [4.78, 5) is 0. The molecule has 0 aliphatic rings. The molecule has 1 aromatic carbocycles. The van der Waals surface area contributed by atoms with E-state index in [9.17, 15) is 0 Å². The summed E-state index contributed by atoms with van der Waals surface area (Å²) in [5, 5.41) is 0.